The number of azo groups is 2. The van der Waals surface area contributed by atoms with Crippen molar-refractivity contribution in [1.82, 2.24) is 0 Å². The molecule has 2 heterocycles. The highest BCUT2D eigenvalue weighted by atomic mass is 16.7. The SMILES string of the molecule is CCN(OCCOC(=O)[C@@H](C)c1ccc2cc(OC)ccc2c1)c1ccc(N=Nc2ccc(C(=O)OCC(COC(=O)c3ccc(N=Nc4ccc(N(CC)OCCOC(=O)[C@@H](C)c5ccc6cc(OC)ccc6c5)cc4)c([N+](=O)[O-])c3)(COC(=O)C3(C)COC(C)(C)OC3)COC(=O)C3(C)COC(C)(C)OC3)cc2[N+](=O)[O-])cc1. The zero-order chi connectivity index (χ0) is 82.8. The third kappa shape index (κ3) is 22.3. The smallest absolute Gasteiger partial charge is 0.338 e. The fraction of sp³-hybridized carbons (Fsp3) is 0.398. The van der Waals surface area contributed by atoms with Crippen LogP contribution >= 0.6 is 0 Å². The van der Waals surface area contributed by atoms with Gasteiger partial charge in [0.25, 0.3) is 11.4 Å². The highest BCUT2D eigenvalue weighted by Gasteiger charge is 2.48. The van der Waals surface area contributed by atoms with E-state index in [1.54, 1.807) is 114 Å². The van der Waals surface area contributed by atoms with Crippen LogP contribution in [0.3, 0.4) is 0 Å². The van der Waals surface area contributed by atoms with Crippen LogP contribution in [0.1, 0.15) is 113 Å². The Balaban J connectivity index is 0.807. The van der Waals surface area contributed by atoms with Gasteiger partial charge in [0.2, 0.25) is 0 Å². The molecule has 0 radical (unpaired) electrons. The molecule has 2 saturated heterocycles. The Morgan fingerprint density at radius 2 is 0.791 bits per heavy atom. The molecule has 115 heavy (non-hydrogen) atoms. The number of benzene rings is 8. The largest absolute Gasteiger partial charge is 0.497 e. The van der Waals surface area contributed by atoms with Crippen LogP contribution in [0.25, 0.3) is 21.5 Å². The van der Waals surface area contributed by atoms with Gasteiger partial charge in [-0.2, -0.15) is 10.2 Å². The van der Waals surface area contributed by atoms with Gasteiger partial charge in [-0.1, -0.05) is 48.5 Å². The van der Waals surface area contributed by atoms with Crippen LogP contribution in [-0.2, 0) is 76.2 Å². The van der Waals surface area contributed by atoms with Gasteiger partial charge >= 0.3 is 35.8 Å². The number of ether oxygens (including phenoxy) is 12. The van der Waals surface area contributed by atoms with Gasteiger partial charge in [0.1, 0.15) is 80.6 Å². The first-order chi connectivity index (χ1) is 54.8. The highest BCUT2D eigenvalue weighted by Crippen LogP contribution is 2.38. The van der Waals surface area contributed by atoms with Gasteiger partial charge in [0.05, 0.1) is 96.2 Å². The molecule has 0 amide bonds. The van der Waals surface area contributed by atoms with Crippen molar-refractivity contribution < 1.29 is 105 Å². The first-order valence-corrected chi connectivity index (χ1v) is 37.0. The Kier molecular flexibility index (Phi) is 28.1. The summed E-state index contributed by atoms with van der Waals surface area (Å²) in [6.07, 6.45) is 0. The Bertz CT molecular complexity index is 4590. The van der Waals surface area contributed by atoms with E-state index in [0.29, 0.717) is 24.5 Å². The van der Waals surface area contributed by atoms with Crippen molar-refractivity contribution in [3.63, 3.8) is 0 Å². The van der Waals surface area contributed by atoms with Crippen molar-refractivity contribution >= 4 is 103 Å². The molecule has 8 aromatic carbocycles. The fourth-order valence-corrected chi connectivity index (χ4v) is 11.8. The average Bonchev–Trinajstić information content (AvgIpc) is 0.771. The predicted molar refractivity (Wildman–Crippen MR) is 418 cm³/mol. The number of fused-ring (bicyclic) bond motifs is 2. The van der Waals surface area contributed by atoms with Gasteiger partial charge in [0, 0.05) is 25.2 Å². The molecule has 0 aromatic heterocycles. The number of rotatable bonds is 36. The minimum Gasteiger partial charge on any atom is -0.497 e. The fourth-order valence-electron chi connectivity index (χ4n) is 11.8. The van der Waals surface area contributed by atoms with Crippen molar-refractivity contribution in [3.8, 4) is 11.5 Å². The lowest BCUT2D eigenvalue weighted by Gasteiger charge is -2.41. The van der Waals surface area contributed by atoms with Gasteiger partial charge in [-0.15, -0.1) is 10.2 Å². The van der Waals surface area contributed by atoms with Crippen LogP contribution in [0, 0.1) is 36.5 Å². The van der Waals surface area contributed by atoms with E-state index in [0.717, 1.165) is 68.4 Å². The van der Waals surface area contributed by atoms with Crippen molar-refractivity contribution in [1.29, 1.82) is 0 Å². The number of nitro benzene ring substituents is 2. The summed E-state index contributed by atoms with van der Waals surface area (Å²) in [7, 11) is 3.20. The number of anilines is 2. The van der Waals surface area contributed by atoms with Crippen LogP contribution in [0.5, 0.6) is 11.5 Å². The number of methoxy groups -OCH3 is 2. The molecule has 2 aliphatic rings. The topological polar surface area (TPSA) is 374 Å². The summed E-state index contributed by atoms with van der Waals surface area (Å²) in [4.78, 5) is 119. The molecule has 10 rings (SSSR count). The predicted octanol–water partition coefficient (Wildman–Crippen LogP) is 15.5. The Morgan fingerprint density at radius 1 is 0.443 bits per heavy atom. The Labute approximate surface area is 662 Å². The Morgan fingerprint density at radius 3 is 1.14 bits per heavy atom. The maximum Gasteiger partial charge on any atom is 0.338 e. The third-order valence-corrected chi connectivity index (χ3v) is 19.2. The molecule has 608 valence electrons. The molecule has 2 aliphatic heterocycles. The van der Waals surface area contributed by atoms with Crippen LogP contribution < -0.4 is 19.6 Å². The van der Waals surface area contributed by atoms with Gasteiger partial charge in [0.15, 0.2) is 22.9 Å². The standard InChI is InChI=1S/C83H92N8O24/c1-13-88(114-37-35-104-73(92)53(3)55-15-17-59-41-67(102-11)31-19-57(59)39-55)65-27-23-63(24-28-65)84-86-69-33-21-61(43-71(69)90(98)99)75(94)106-49-83(51-108-77(96)81(9)45-110-79(5,6)111-46-81,52-109-78(97)82(10)47-112-80(7,8)113-48-82)50-107-76(95)62-22-34-70(72(44-62)91(100)101)87-85-64-25-29-66(30-26-64)89(14-2)115-38-36-105-74(93)54(4)56-16-18-60-42-68(103-12)32-20-58(60)40-56/h15-34,39-44,53-54H,13-14,35-38,45-52H2,1-12H3/t53-,54-/m0/s1. The molecule has 0 saturated carbocycles. The van der Waals surface area contributed by atoms with Crippen molar-refractivity contribution in [2.24, 2.45) is 36.7 Å². The van der Waals surface area contributed by atoms with Crippen molar-refractivity contribution in [2.45, 2.75) is 92.6 Å². The second kappa shape index (κ2) is 37.8. The zero-order valence-corrected chi connectivity index (χ0v) is 65.9. The van der Waals surface area contributed by atoms with Gasteiger partial charge in [-0.25, -0.2) is 9.59 Å². The van der Waals surface area contributed by atoms with E-state index in [4.69, 9.17) is 66.5 Å². The maximum atomic E-state index is 14.3. The summed E-state index contributed by atoms with van der Waals surface area (Å²) in [5.41, 5.74) is -4.16. The zero-order valence-electron chi connectivity index (χ0n) is 65.9. The molecule has 0 unspecified atom stereocenters. The third-order valence-electron chi connectivity index (χ3n) is 19.2. The lowest BCUT2D eigenvalue weighted by molar-refractivity contribution is -0.384. The number of esters is 6. The summed E-state index contributed by atoms with van der Waals surface area (Å²) >= 11 is 0. The molecule has 0 N–H and O–H groups in total. The van der Waals surface area contributed by atoms with Gasteiger partial charge < -0.3 is 56.8 Å². The van der Waals surface area contributed by atoms with E-state index in [-0.39, 0.29) is 86.7 Å². The first-order valence-electron chi connectivity index (χ1n) is 37.0. The monoisotopic (exact) mass is 1580 g/mol. The molecule has 32 heteroatoms. The second-order valence-electron chi connectivity index (χ2n) is 29.0. The van der Waals surface area contributed by atoms with Crippen LogP contribution in [0.2, 0.25) is 0 Å². The van der Waals surface area contributed by atoms with Crippen LogP contribution in [-0.4, -0.2) is 164 Å². The van der Waals surface area contributed by atoms with E-state index in [2.05, 4.69) is 20.5 Å². The number of nitro groups is 2. The van der Waals surface area contributed by atoms with E-state index in [9.17, 15) is 49.0 Å². The molecule has 2 atom stereocenters. The summed E-state index contributed by atoms with van der Waals surface area (Å²) in [6.45, 7) is 13.6. The second-order valence-corrected chi connectivity index (χ2v) is 29.0. The van der Waals surface area contributed by atoms with Crippen molar-refractivity contribution in [3.05, 3.63) is 200 Å². The van der Waals surface area contributed by atoms with E-state index in [1.807, 2.05) is 86.6 Å². The molecule has 32 nitrogen and oxygen atoms in total. The first kappa shape index (κ1) is 85.5. The minimum absolute atomic E-state index is 0.0304. The molecule has 2 fully saturated rings. The quantitative estimate of drug-likeness (QED) is 0.00879. The van der Waals surface area contributed by atoms with Crippen molar-refractivity contribution in [2.75, 3.05) is 117 Å². The number of hydrogen-bond donors (Lipinski definition) is 0. The molecule has 8 aromatic rings. The number of carbonyl (C=O) groups is 6. The van der Waals surface area contributed by atoms with Crippen LogP contribution in [0.15, 0.2) is 178 Å². The van der Waals surface area contributed by atoms with E-state index >= 15 is 0 Å². The lowest BCUT2D eigenvalue weighted by Crippen LogP contribution is -2.52. The number of hydrogen-bond acceptors (Lipinski definition) is 30. The van der Waals surface area contributed by atoms with Gasteiger partial charge in [-0.3, -0.25) is 59.2 Å². The minimum atomic E-state index is -2.03. The molecule has 0 aliphatic carbocycles. The van der Waals surface area contributed by atoms with Crippen LogP contribution in [0.4, 0.5) is 45.5 Å². The van der Waals surface area contributed by atoms with Gasteiger partial charge in [-0.05, 0) is 199 Å². The maximum absolute atomic E-state index is 14.3. The number of hydroxylamine groups is 2. The normalized spacial score (nSPS) is 15.4. The lowest BCUT2D eigenvalue weighted by atomic mass is 9.89. The molecular weight excluding hydrogens is 1490 g/mol. The summed E-state index contributed by atoms with van der Waals surface area (Å²) in [5, 5.41) is 49.1. The number of carbonyl (C=O) groups excluding carboxylic acids is 6. The molecule has 0 spiro atoms. The summed E-state index contributed by atoms with van der Waals surface area (Å²) < 4.78 is 68.7. The Hall–Kier alpha value is -11.9. The molecule has 0 bridgehead atoms. The highest BCUT2D eigenvalue weighted by molar-refractivity contribution is 5.93. The summed E-state index contributed by atoms with van der Waals surface area (Å²) in [6, 6.07) is 42.4. The average molecular weight is 1590 g/mol. The molecular formula is C83H92N8O24. The number of nitrogens with zero attached hydrogens (tertiary/aromatic N) is 8. The van der Waals surface area contributed by atoms with E-state index in [1.165, 1.54) is 26.0 Å². The summed E-state index contributed by atoms with van der Waals surface area (Å²) in [5.74, 6) is -6.76. The van der Waals surface area contributed by atoms with E-state index < -0.39 is 123 Å².